The van der Waals surface area contributed by atoms with Gasteiger partial charge in [-0.1, -0.05) is 36.6 Å². The van der Waals surface area contributed by atoms with E-state index in [4.69, 9.17) is 16.3 Å². The van der Waals surface area contributed by atoms with Crippen molar-refractivity contribution in [1.82, 2.24) is 10.3 Å². The summed E-state index contributed by atoms with van der Waals surface area (Å²) in [5, 5.41) is 4.43. The maximum Gasteiger partial charge on any atom is 0.309 e. The summed E-state index contributed by atoms with van der Waals surface area (Å²) in [7, 11) is 1.42. The number of carbonyl (C=O) groups excluding carboxylic acids is 2. The third-order valence-corrected chi connectivity index (χ3v) is 5.10. The maximum atomic E-state index is 12.4. The standard InChI is InChI=1S/C18H21ClN2O3/c1-24-18(23)13-7-3-2-5-12(13)10-20-17(22)15-9-11-6-4-8-14(19)16(11)21-15/h4,6,8-9,12-13,21H,2-3,5,7,10H2,1H3,(H,20,22). The van der Waals surface area contributed by atoms with Gasteiger partial charge in [-0.25, -0.2) is 0 Å². The Morgan fingerprint density at radius 2 is 2.12 bits per heavy atom. The molecule has 2 unspecified atom stereocenters. The van der Waals surface area contributed by atoms with Crippen LogP contribution in [0.1, 0.15) is 36.2 Å². The molecule has 1 aromatic carbocycles. The average molecular weight is 349 g/mol. The minimum Gasteiger partial charge on any atom is -0.469 e. The molecule has 1 saturated carbocycles. The molecule has 0 saturated heterocycles. The van der Waals surface area contributed by atoms with Gasteiger partial charge in [-0.15, -0.1) is 0 Å². The first kappa shape index (κ1) is 16.8. The van der Waals surface area contributed by atoms with Crippen LogP contribution in [0.15, 0.2) is 24.3 Å². The number of hydrogen-bond donors (Lipinski definition) is 2. The number of halogens is 1. The summed E-state index contributed by atoms with van der Waals surface area (Å²) in [6.07, 6.45) is 3.87. The molecule has 0 radical (unpaired) electrons. The first-order valence-electron chi connectivity index (χ1n) is 8.23. The van der Waals surface area contributed by atoms with Gasteiger partial charge in [-0.05, 0) is 30.9 Å². The van der Waals surface area contributed by atoms with Crippen LogP contribution in [-0.2, 0) is 9.53 Å². The van der Waals surface area contributed by atoms with Gasteiger partial charge in [0.2, 0.25) is 0 Å². The number of hydrogen-bond acceptors (Lipinski definition) is 3. The van der Waals surface area contributed by atoms with E-state index in [0.29, 0.717) is 17.3 Å². The lowest BCUT2D eigenvalue weighted by molar-refractivity contribution is -0.148. The zero-order valence-electron chi connectivity index (χ0n) is 13.6. The summed E-state index contributed by atoms with van der Waals surface area (Å²) in [6.45, 7) is 0.474. The molecule has 6 heteroatoms. The van der Waals surface area contributed by atoms with E-state index in [1.54, 1.807) is 12.1 Å². The molecule has 1 heterocycles. The molecule has 0 aliphatic heterocycles. The Labute approximate surface area is 145 Å². The van der Waals surface area contributed by atoms with Crippen LogP contribution in [-0.4, -0.2) is 30.5 Å². The predicted octanol–water partition coefficient (Wildman–Crippen LogP) is 3.53. The van der Waals surface area contributed by atoms with Gasteiger partial charge in [-0.2, -0.15) is 0 Å². The lowest BCUT2D eigenvalue weighted by atomic mass is 9.79. The molecule has 0 spiro atoms. The van der Waals surface area contributed by atoms with Crippen LogP contribution in [0.2, 0.25) is 5.02 Å². The molecule has 1 amide bonds. The van der Waals surface area contributed by atoms with Gasteiger partial charge in [0.1, 0.15) is 5.69 Å². The van der Waals surface area contributed by atoms with Crippen molar-refractivity contribution in [3.8, 4) is 0 Å². The fourth-order valence-electron chi connectivity index (χ4n) is 3.47. The summed E-state index contributed by atoms with van der Waals surface area (Å²) >= 11 is 6.13. The molecule has 2 atom stereocenters. The predicted molar refractivity (Wildman–Crippen MR) is 93.1 cm³/mol. The van der Waals surface area contributed by atoms with Gasteiger partial charge in [0.05, 0.1) is 23.6 Å². The fraction of sp³-hybridized carbons (Fsp3) is 0.444. The Morgan fingerprint density at radius 3 is 2.88 bits per heavy atom. The van der Waals surface area contributed by atoms with Gasteiger partial charge in [0, 0.05) is 11.9 Å². The van der Waals surface area contributed by atoms with Crippen molar-refractivity contribution in [3.63, 3.8) is 0 Å². The van der Waals surface area contributed by atoms with Crippen molar-refractivity contribution in [2.24, 2.45) is 11.8 Å². The topological polar surface area (TPSA) is 71.2 Å². The molecule has 1 aromatic heterocycles. The molecule has 3 rings (SSSR count). The fourth-order valence-corrected chi connectivity index (χ4v) is 3.70. The lowest BCUT2D eigenvalue weighted by Crippen LogP contribution is -2.37. The Morgan fingerprint density at radius 1 is 1.33 bits per heavy atom. The van der Waals surface area contributed by atoms with Crippen LogP contribution < -0.4 is 5.32 Å². The number of aromatic nitrogens is 1. The van der Waals surface area contributed by atoms with Crippen LogP contribution >= 0.6 is 11.6 Å². The third-order valence-electron chi connectivity index (χ3n) is 4.79. The third kappa shape index (κ3) is 3.41. The second-order valence-corrected chi connectivity index (χ2v) is 6.68. The number of amides is 1. The Hall–Kier alpha value is -2.01. The highest BCUT2D eigenvalue weighted by Crippen LogP contribution is 2.30. The lowest BCUT2D eigenvalue weighted by Gasteiger charge is -2.29. The zero-order chi connectivity index (χ0) is 17.1. The highest BCUT2D eigenvalue weighted by Gasteiger charge is 2.31. The highest BCUT2D eigenvalue weighted by atomic mass is 35.5. The smallest absolute Gasteiger partial charge is 0.309 e. The van der Waals surface area contributed by atoms with Crippen molar-refractivity contribution in [2.45, 2.75) is 25.7 Å². The van der Waals surface area contributed by atoms with E-state index >= 15 is 0 Å². The number of nitrogens with one attached hydrogen (secondary N) is 2. The van der Waals surface area contributed by atoms with Crippen LogP contribution in [0.4, 0.5) is 0 Å². The monoisotopic (exact) mass is 348 g/mol. The van der Waals surface area contributed by atoms with Gasteiger partial charge in [-0.3, -0.25) is 9.59 Å². The van der Waals surface area contributed by atoms with E-state index in [-0.39, 0.29) is 23.7 Å². The van der Waals surface area contributed by atoms with Gasteiger partial charge in [0.25, 0.3) is 5.91 Å². The molecular formula is C18H21ClN2O3. The molecule has 0 bridgehead atoms. The largest absolute Gasteiger partial charge is 0.469 e. The number of aromatic amines is 1. The number of methoxy groups -OCH3 is 1. The van der Waals surface area contributed by atoms with E-state index in [2.05, 4.69) is 10.3 Å². The molecule has 1 fully saturated rings. The summed E-state index contributed by atoms with van der Waals surface area (Å²) in [4.78, 5) is 27.4. The number of esters is 1. The van der Waals surface area contributed by atoms with Crippen molar-refractivity contribution in [1.29, 1.82) is 0 Å². The quantitative estimate of drug-likeness (QED) is 0.830. The van der Waals surface area contributed by atoms with Crippen LogP contribution in [0.3, 0.4) is 0 Å². The molecule has 24 heavy (non-hydrogen) atoms. The number of benzene rings is 1. The van der Waals surface area contributed by atoms with Crippen LogP contribution in [0.25, 0.3) is 10.9 Å². The number of fused-ring (bicyclic) bond motifs is 1. The van der Waals surface area contributed by atoms with E-state index in [1.807, 2.05) is 12.1 Å². The van der Waals surface area contributed by atoms with Crippen molar-refractivity contribution < 1.29 is 14.3 Å². The molecule has 1 aliphatic carbocycles. The minimum absolute atomic E-state index is 0.124. The van der Waals surface area contributed by atoms with Gasteiger partial charge in [0.15, 0.2) is 0 Å². The molecular weight excluding hydrogens is 328 g/mol. The molecule has 1 aliphatic rings. The van der Waals surface area contributed by atoms with E-state index < -0.39 is 0 Å². The Kier molecular flexibility index (Phi) is 5.09. The van der Waals surface area contributed by atoms with Crippen molar-refractivity contribution in [3.05, 3.63) is 35.0 Å². The van der Waals surface area contributed by atoms with Crippen molar-refractivity contribution >= 4 is 34.4 Å². The van der Waals surface area contributed by atoms with E-state index in [0.717, 1.165) is 36.6 Å². The molecule has 128 valence electrons. The Balaban J connectivity index is 1.67. The number of H-pyrrole nitrogens is 1. The summed E-state index contributed by atoms with van der Waals surface area (Å²) in [5.41, 5.74) is 1.23. The average Bonchev–Trinajstić information content (AvgIpc) is 3.05. The molecule has 2 N–H and O–H groups in total. The zero-order valence-corrected chi connectivity index (χ0v) is 14.4. The minimum atomic E-state index is -0.184. The first-order chi connectivity index (χ1) is 11.6. The molecule has 5 nitrogen and oxygen atoms in total. The summed E-state index contributed by atoms with van der Waals surface area (Å²) < 4.78 is 4.89. The van der Waals surface area contributed by atoms with E-state index in [9.17, 15) is 9.59 Å². The normalized spacial score (nSPS) is 20.8. The highest BCUT2D eigenvalue weighted by molar-refractivity contribution is 6.35. The summed E-state index contributed by atoms with van der Waals surface area (Å²) in [5.74, 6) is -0.355. The molecule has 2 aromatic rings. The second kappa shape index (κ2) is 7.26. The number of carbonyl (C=O) groups is 2. The number of ether oxygens (including phenoxy) is 1. The van der Waals surface area contributed by atoms with E-state index in [1.165, 1.54) is 7.11 Å². The Bertz CT molecular complexity index is 756. The summed E-state index contributed by atoms with van der Waals surface area (Å²) in [6, 6.07) is 7.33. The van der Waals surface area contributed by atoms with Gasteiger partial charge < -0.3 is 15.0 Å². The van der Waals surface area contributed by atoms with Crippen LogP contribution in [0.5, 0.6) is 0 Å². The number of para-hydroxylation sites is 1. The maximum absolute atomic E-state index is 12.4. The van der Waals surface area contributed by atoms with Crippen molar-refractivity contribution in [2.75, 3.05) is 13.7 Å². The van der Waals surface area contributed by atoms with Gasteiger partial charge >= 0.3 is 5.97 Å². The second-order valence-electron chi connectivity index (χ2n) is 6.27. The van der Waals surface area contributed by atoms with Crippen LogP contribution in [0, 0.1) is 11.8 Å². The SMILES string of the molecule is COC(=O)C1CCCCC1CNC(=O)c1cc2cccc(Cl)c2[nH]1. The first-order valence-corrected chi connectivity index (χ1v) is 8.61. The number of rotatable bonds is 4.